The standard InChI is InChI=1S/C11H13N3O/c1-8(2)14-11-5-10(12-7-15)4-3-9(11)6-13-14/h3-8H,1-2H3,(H,12,15). The normalized spacial score (nSPS) is 10.9. The summed E-state index contributed by atoms with van der Waals surface area (Å²) in [7, 11) is 0. The van der Waals surface area contributed by atoms with E-state index in [-0.39, 0.29) is 0 Å². The molecule has 2 rings (SSSR count). The van der Waals surface area contributed by atoms with E-state index in [1.165, 1.54) is 0 Å². The molecule has 0 saturated carbocycles. The summed E-state index contributed by atoms with van der Waals surface area (Å²) < 4.78 is 1.94. The second-order valence-corrected chi connectivity index (χ2v) is 3.72. The zero-order valence-corrected chi connectivity index (χ0v) is 8.77. The van der Waals surface area contributed by atoms with Crippen molar-refractivity contribution in [3.8, 4) is 0 Å². The third kappa shape index (κ3) is 1.70. The van der Waals surface area contributed by atoms with E-state index in [2.05, 4.69) is 24.3 Å². The van der Waals surface area contributed by atoms with Crippen LogP contribution in [0, 0.1) is 0 Å². The molecule has 1 amide bonds. The molecule has 0 atom stereocenters. The number of carbonyl (C=O) groups excluding carboxylic acids is 1. The van der Waals surface area contributed by atoms with Crippen LogP contribution in [0.25, 0.3) is 10.9 Å². The summed E-state index contributed by atoms with van der Waals surface area (Å²) in [5, 5.41) is 8.01. The summed E-state index contributed by atoms with van der Waals surface area (Å²) in [6.07, 6.45) is 2.51. The first kappa shape index (κ1) is 9.71. The molecule has 1 aromatic carbocycles. The minimum atomic E-state index is 0.314. The van der Waals surface area contributed by atoms with Crippen molar-refractivity contribution >= 4 is 23.0 Å². The molecular formula is C11H13N3O. The van der Waals surface area contributed by atoms with Gasteiger partial charge in [0.2, 0.25) is 6.41 Å². The van der Waals surface area contributed by atoms with Crippen LogP contribution in [-0.4, -0.2) is 16.2 Å². The molecule has 4 heteroatoms. The highest BCUT2D eigenvalue weighted by atomic mass is 16.1. The predicted molar refractivity (Wildman–Crippen MR) is 59.8 cm³/mol. The van der Waals surface area contributed by atoms with Crippen molar-refractivity contribution in [2.45, 2.75) is 19.9 Å². The van der Waals surface area contributed by atoms with Gasteiger partial charge in [-0.15, -0.1) is 0 Å². The highest BCUT2D eigenvalue weighted by Crippen LogP contribution is 2.21. The van der Waals surface area contributed by atoms with Gasteiger partial charge in [-0.1, -0.05) is 0 Å². The Balaban J connectivity index is 2.56. The van der Waals surface area contributed by atoms with E-state index in [9.17, 15) is 4.79 Å². The molecule has 4 nitrogen and oxygen atoms in total. The fourth-order valence-corrected chi connectivity index (χ4v) is 1.61. The number of fused-ring (bicyclic) bond motifs is 1. The van der Waals surface area contributed by atoms with Gasteiger partial charge in [0.1, 0.15) is 0 Å². The van der Waals surface area contributed by atoms with Crippen molar-refractivity contribution in [2.75, 3.05) is 5.32 Å². The number of nitrogens with one attached hydrogen (secondary N) is 1. The average Bonchev–Trinajstić information content (AvgIpc) is 2.61. The topological polar surface area (TPSA) is 46.9 Å². The van der Waals surface area contributed by atoms with Crippen molar-refractivity contribution < 1.29 is 4.79 Å². The number of carbonyl (C=O) groups is 1. The molecule has 0 aliphatic rings. The molecular weight excluding hydrogens is 190 g/mol. The van der Waals surface area contributed by atoms with Gasteiger partial charge in [-0.2, -0.15) is 5.10 Å². The van der Waals surface area contributed by atoms with E-state index in [4.69, 9.17) is 0 Å². The molecule has 0 aliphatic carbocycles. The molecule has 0 aliphatic heterocycles. The minimum Gasteiger partial charge on any atom is -0.329 e. The van der Waals surface area contributed by atoms with Crippen LogP contribution in [0.2, 0.25) is 0 Å². The summed E-state index contributed by atoms with van der Waals surface area (Å²) in [5.41, 5.74) is 1.83. The molecule has 15 heavy (non-hydrogen) atoms. The number of benzene rings is 1. The van der Waals surface area contributed by atoms with E-state index in [1.54, 1.807) is 0 Å². The van der Waals surface area contributed by atoms with Crippen LogP contribution < -0.4 is 5.32 Å². The van der Waals surface area contributed by atoms with Crippen LogP contribution in [0.3, 0.4) is 0 Å². The minimum absolute atomic E-state index is 0.314. The van der Waals surface area contributed by atoms with E-state index in [0.29, 0.717) is 12.5 Å². The first-order chi connectivity index (χ1) is 7.22. The number of amides is 1. The molecule has 0 fully saturated rings. The SMILES string of the molecule is CC(C)n1ncc2ccc(NC=O)cc21. The maximum Gasteiger partial charge on any atom is 0.211 e. The van der Waals surface area contributed by atoms with E-state index < -0.39 is 0 Å². The van der Waals surface area contributed by atoms with Gasteiger partial charge in [0.05, 0.1) is 11.7 Å². The molecule has 1 heterocycles. The van der Waals surface area contributed by atoms with Gasteiger partial charge in [0.15, 0.2) is 0 Å². The highest BCUT2D eigenvalue weighted by molar-refractivity contribution is 5.85. The second kappa shape index (κ2) is 3.73. The van der Waals surface area contributed by atoms with Crippen molar-refractivity contribution in [1.82, 2.24) is 9.78 Å². The summed E-state index contributed by atoms with van der Waals surface area (Å²) in [5.74, 6) is 0. The lowest BCUT2D eigenvalue weighted by Crippen LogP contribution is -2.02. The fraction of sp³-hybridized carbons (Fsp3) is 0.273. The smallest absolute Gasteiger partial charge is 0.211 e. The molecule has 0 saturated heterocycles. The van der Waals surface area contributed by atoms with E-state index in [1.807, 2.05) is 29.1 Å². The van der Waals surface area contributed by atoms with Crippen LogP contribution in [-0.2, 0) is 4.79 Å². The lowest BCUT2D eigenvalue weighted by atomic mass is 10.2. The largest absolute Gasteiger partial charge is 0.329 e. The Morgan fingerprint density at radius 1 is 1.47 bits per heavy atom. The van der Waals surface area contributed by atoms with Crippen LogP contribution in [0.5, 0.6) is 0 Å². The molecule has 0 bridgehead atoms. The average molecular weight is 203 g/mol. The third-order valence-electron chi connectivity index (χ3n) is 2.31. The van der Waals surface area contributed by atoms with Gasteiger partial charge in [-0.3, -0.25) is 9.48 Å². The number of hydrogen-bond acceptors (Lipinski definition) is 2. The molecule has 1 aromatic heterocycles. The van der Waals surface area contributed by atoms with Gasteiger partial charge >= 0.3 is 0 Å². The summed E-state index contributed by atoms with van der Waals surface area (Å²) in [6.45, 7) is 4.15. The molecule has 1 N–H and O–H groups in total. The molecule has 0 spiro atoms. The molecule has 2 aromatic rings. The molecule has 0 unspecified atom stereocenters. The maximum atomic E-state index is 10.3. The Bertz CT molecular complexity index is 488. The second-order valence-electron chi connectivity index (χ2n) is 3.72. The fourth-order valence-electron chi connectivity index (χ4n) is 1.61. The molecule has 78 valence electrons. The van der Waals surface area contributed by atoms with Gasteiger partial charge in [-0.05, 0) is 32.0 Å². The number of anilines is 1. The maximum absolute atomic E-state index is 10.3. The Hall–Kier alpha value is -1.84. The van der Waals surface area contributed by atoms with E-state index in [0.717, 1.165) is 16.6 Å². The summed E-state index contributed by atoms with van der Waals surface area (Å²) >= 11 is 0. The van der Waals surface area contributed by atoms with Gasteiger partial charge in [0.25, 0.3) is 0 Å². The third-order valence-corrected chi connectivity index (χ3v) is 2.31. The Labute approximate surface area is 87.9 Å². The summed E-state index contributed by atoms with van der Waals surface area (Å²) in [4.78, 5) is 10.3. The van der Waals surface area contributed by atoms with Gasteiger partial charge in [-0.25, -0.2) is 0 Å². The van der Waals surface area contributed by atoms with Crippen LogP contribution in [0.1, 0.15) is 19.9 Å². The first-order valence-electron chi connectivity index (χ1n) is 4.90. The Morgan fingerprint density at radius 2 is 2.27 bits per heavy atom. The number of nitrogens with zero attached hydrogens (tertiary/aromatic N) is 2. The lowest BCUT2D eigenvalue weighted by Gasteiger charge is -2.07. The molecule has 0 radical (unpaired) electrons. The number of hydrogen-bond donors (Lipinski definition) is 1. The van der Waals surface area contributed by atoms with Crippen molar-refractivity contribution in [1.29, 1.82) is 0 Å². The van der Waals surface area contributed by atoms with Crippen LogP contribution in [0.15, 0.2) is 24.4 Å². The van der Waals surface area contributed by atoms with Gasteiger partial charge < -0.3 is 5.32 Å². The monoisotopic (exact) mass is 203 g/mol. The lowest BCUT2D eigenvalue weighted by molar-refractivity contribution is -0.105. The quantitative estimate of drug-likeness (QED) is 0.777. The zero-order valence-electron chi connectivity index (χ0n) is 8.77. The van der Waals surface area contributed by atoms with Crippen molar-refractivity contribution in [3.63, 3.8) is 0 Å². The van der Waals surface area contributed by atoms with Crippen molar-refractivity contribution in [2.24, 2.45) is 0 Å². The first-order valence-corrected chi connectivity index (χ1v) is 4.90. The zero-order chi connectivity index (χ0) is 10.8. The van der Waals surface area contributed by atoms with Crippen molar-refractivity contribution in [3.05, 3.63) is 24.4 Å². The Morgan fingerprint density at radius 3 is 2.93 bits per heavy atom. The van der Waals surface area contributed by atoms with Gasteiger partial charge in [0, 0.05) is 17.1 Å². The van der Waals surface area contributed by atoms with Crippen LogP contribution in [0.4, 0.5) is 5.69 Å². The Kier molecular flexibility index (Phi) is 2.41. The van der Waals surface area contributed by atoms with Crippen LogP contribution >= 0.6 is 0 Å². The number of rotatable bonds is 3. The van der Waals surface area contributed by atoms with E-state index >= 15 is 0 Å². The predicted octanol–water partition coefficient (Wildman–Crippen LogP) is 2.19. The summed E-state index contributed by atoms with van der Waals surface area (Å²) in [6, 6.07) is 6.06. The number of aromatic nitrogens is 2. The highest BCUT2D eigenvalue weighted by Gasteiger charge is 2.05.